The zero-order chi connectivity index (χ0) is 14.4. The van der Waals surface area contributed by atoms with Crippen LogP contribution in [0, 0.1) is 0 Å². The molecule has 2 heterocycles. The van der Waals surface area contributed by atoms with Gasteiger partial charge in [0.15, 0.2) is 0 Å². The first-order valence-electron chi connectivity index (χ1n) is 6.31. The van der Waals surface area contributed by atoms with Gasteiger partial charge >= 0.3 is 0 Å². The molecule has 0 aromatic carbocycles. The molecule has 0 spiro atoms. The number of rotatable bonds is 6. The number of hydrogen-bond acceptors (Lipinski definition) is 4. The average molecular weight is 292 g/mol. The van der Waals surface area contributed by atoms with E-state index in [1.54, 1.807) is 24.5 Å². The molecule has 6 nitrogen and oxygen atoms in total. The van der Waals surface area contributed by atoms with Crippen LogP contribution in [0.25, 0.3) is 0 Å². The van der Waals surface area contributed by atoms with E-state index in [1.807, 2.05) is 12.3 Å². The quantitative estimate of drug-likeness (QED) is 0.753. The lowest BCUT2D eigenvalue weighted by atomic mass is 10.2. The summed E-state index contributed by atoms with van der Waals surface area (Å²) >= 11 is 1.34. The Balaban J connectivity index is 1.82. The third kappa shape index (κ3) is 3.67. The van der Waals surface area contributed by atoms with Crippen LogP contribution >= 0.6 is 11.3 Å². The summed E-state index contributed by atoms with van der Waals surface area (Å²) in [6, 6.07) is 3.34. The average Bonchev–Trinajstić information content (AvgIpc) is 3.14. The second-order valence-corrected chi connectivity index (χ2v) is 5.11. The number of carbonyl (C=O) groups is 2. The number of imidazole rings is 1. The molecule has 0 saturated carbocycles. The van der Waals surface area contributed by atoms with Gasteiger partial charge in [0, 0.05) is 12.4 Å². The van der Waals surface area contributed by atoms with Crippen LogP contribution in [-0.2, 0) is 4.79 Å². The monoisotopic (exact) mass is 292 g/mol. The Bertz CT molecular complexity index is 551. The van der Waals surface area contributed by atoms with Gasteiger partial charge in [-0.15, -0.1) is 11.3 Å². The second kappa shape index (κ2) is 6.85. The van der Waals surface area contributed by atoms with E-state index >= 15 is 0 Å². The second-order valence-electron chi connectivity index (χ2n) is 4.16. The molecule has 0 aliphatic rings. The molecule has 1 atom stereocenters. The van der Waals surface area contributed by atoms with Gasteiger partial charge in [0.05, 0.1) is 17.5 Å². The maximum atomic E-state index is 11.8. The van der Waals surface area contributed by atoms with E-state index in [0.29, 0.717) is 10.7 Å². The topological polar surface area (TPSA) is 86.9 Å². The molecular formula is C13H16N4O2S. The van der Waals surface area contributed by atoms with Crippen LogP contribution in [0.4, 0.5) is 0 Å². The van der Waals surface area contributed by atoms with Crippen LogP contribution in [-0.4, -0.2) is 28.3 Å². The zero-order valence-corrected chi connectivity index (χ0v) is 11.9. The summed E-state index contributed by atoms with van der Waals surface area (Å²) in [4.78, 5) is 31.2. The highest BCUT2D eigenvalue weighted by molar-refractivity contribution is 7.12. The summed E-state index contributed by atoms with van der Waals surface area (Å²) in [5.74, 6) is 0.241. The molecule has 3 N–H and O–H groups in total. The van der Waals surface area contributed by atoms with E-state index in [2.05, 4.69) is 20.6 Å². The minimum absolute atomic E-state index is 0.0477. The number of nitrogens with one attached hydrogen (secondary N) is 3. The Kier molecular flexibility index (Phi) is 4.89. The first-order chi connectivity index (χ1) is 9.70. The molecule has 0 fully saturated rings. The van der Waals surface area contributed by atoms with E-state index in [-0.39, 0.29) is 24.4 Å². The Hall–Kier alpha value is -2.15. The molecule has 1 unspecified atom stereocenters. The zero-order valence-electron chi connectivity index (χ0n) is 11.1. The van der Waals surface area contributed by atoms with Gasteiger partial charge in [-0.2, -0.15) is 0 Å². The molecule has 106 valence electrons. The molecular weight excluding hydrogens is 276 g/mol. The molecule has 2 aromatic rings. The van der Waals surface area contributed by atoms with Gasteiger partial charge in [-0.1, -0.05) is 13.0 Å². The highest BCUT2D eigenvalue weighted by Crippen LogP contribution is 2.11. The minimum atomic E-state index is -0.238. The largest absolute Gasteiger partial charge is 0.347 e. The van der Waals surface area contributed by atoms with Crippen molar-refractivity contribution in [3.8, 4) is 0 Å². The molecule has 7 heteroatoms. The summed E-state index contributed by atoms with van der Waals surface area (Å²) in [6.07, 6.45) is 4.07. The lowest BCUT2D eigenvalue weighted by Crippen LogP contribution is -2.38. The van der Waals surface area contributed by atoms with Crippen molar-refractivity contribution in [2.45, 2.75) is 19.4 Å². The summed E-state index contributed by atoms with van der Waals surface area (Å²) < 4.78 is 0. The fourth-order valence-corrected chi connectivity index (χ4v) is 2.37. The van der Waals surface area contributed by atoms with Gasteiger partial charge in [0.2, 0.25) is 5.91 Å². The number of nitrogens with zero attached hydrogens (tertiary/aromatic N) is 1. The van der Waals surface area contributed by atoms with Crippen LogP contribution < -0.4 is 10.6 Å². The predicted molar refractivity (Wildman–Crippen MR) is 76.4 cm³/mol. The summed E-state index contributed by atoms with van der Waals surface area (Å²) in [5.41, 5.74) is 0. The van der Waals surface area contributed by atoms with Crippen molar-refractivity contribution in [2.75, 3.05) is 6.54 Å². The molecule has 2 rings (SSSR count). The van der Waals surface area contributed by atoms with Crippen molar-refractivity contribution in [3.05, 3.63) is 40.6 Å². The van der Waals surface area contributed by atoms with Crippen molar-refractivity contribution >= 4 is 23.2 Å². The van der Waals surface area contributed by atoms with Crippen LogP contribution in [0.3, 0.4) is 0 Å². The Labute approximate surface area is 120 Å². The number of amides is 2. The highest BCUT2D eigenvalue weighted by Gasteiger charge is 2.15. The van der Waals surface area contributed by atoms with Crippen LogP contribution in [0.5, 0.6) is 0 Å². The smallest absolute Gasteiger partial charge is 0.261 e. The van der Waals surface area contributed by atoms with Gasteiger partial charge < -0.3 is 15.6 Å². The Morgan fingerprint density at radius 3 is 2.95 bits per heavy atom. The number of thiophene rings is 1. The van der Waals surface area contributed by atoms with Crippen LogP contribution in [0.2, 0.25) is 0 Å². The maximum Gasteiger partial charge on any atom is 0.261 e. The van der Waals surface area contributed by atoms with Crippen molar-refractivity contribution in [2.24, 2.45) is 0 Å². The molecule has 0 aliphatic heterocycles. The molecule has 0 bridgehead atoms. The summed E-state index contributed by atoms with van der Waals surface area (Å²) in [6.45, 7) is 1.91. The standard InChI is InChI=1S/C13H16N4O2S/c1-2-9(12-14-5-6-15-12)17-11(18)8-16-13(19)10-4-3-7-20-10/h3-7,9H,2,8H2,1H3,(H,14,15)(H,16,19)(H,17,18). The first-order valence-corrected chi connectivity index (χ1v) is 7.19. The molecule has 0 saturated heterocycles. The highest BCUT2D eigenvalue weighted by atomic mass is 32.1. The Morgan fingerprint density at radius 1 is 1.50 bits per heavy atom. The van der Waals surface area contributed by atoms with Crippen molar-refractivity contribution in [1.82, 2.24) is 20.6 Å². The van der Waals surface area contributed by atoms with Gasteiger partial charge in [0.1, 0.15) is 5.82 Å². The van der Waals surface area contributed by atoms with Crippen molar-refractivity contribution < 1.29 is 9.59 Å². The van der Waals surface area contributed by atoms with Gasteiger partial charge in [-0.3, -0.25) is 9.59 Å². The minimum Gasteiger partial charge on any atom is -0.347 e. The van der Waals surface area contributed by atoms with Crippen LogP contribution in [0.1, 0.15) is 34.9 Å². The fraction of sp³-hybridized carbons (Fsp3) is 0.308. The molecule has 2 aromatic heterocycles. The van der Waals surface area contributed by atoms with Gasteiger partial charge in [-0.05, 0) is 17.9 Å². The summed E-state index contributed by atoms with van der Waals surface area (Å²) in [5, 5.41) is 7.23. The van der Waals surface area contributed by atoms with E-state index in [9.17, 15) is 9.59 Å². The number of aromatic nitrogens is 2. The maximum absolute atomic E-state index is 11.8. The lowest BCUT2D eigenvalue weighted by molar-refractivity contribution is -0.120. The molecule has 20 heavy (non-hydrogen) atoms. The van der Waals surface area contributed by atoms with E-state index in [4.69, 9.17) is 0 Å². The number of carbonyl (C=O) groups excluding carboxylic acids is 2. The Morgan fingerprint density at radius 2 is 2.35 bits per heavy atom. The lowest BCUT2D eigenvalue weighted by Gasteiger charge is -2.14. The van der Waals surface area contributed by atoms with Gasteiger partial charge in [-0.25, -0.2) is 4.98 Å². The number of aromatic amines is 1. The third-order valence-electron chi connectivity index (χ3n) is 2.75. The van der Waals surface area contributed by atoms with E-state index < -0.39 is 0 Å². The van der Waals surface area contributed by atoms with Gasteiger partial charge in [0.25, 0.3) is 5.91 Å². The normalized spacial score (nSPS) is 11.8. The van der Waals surface area contributed by atoms with Crippen LogP contribution in [0.15, 0.2) is 29.9 Å². The number of hydrogen-bond donors (Lipinski definition) is 3. The molecule has 0 radical (unpaired) electrons. The predicted octanol–water partition coefficient (Wildman–Crippen LogP) is 1.47. The first kappa shape index (κ1) is 14.3. The summed E-state index contributed by atoms with van der Waals surface area (Å²) in [7, 11) is 0. The SMILES string of the molecule is CCC(NC(=O)CNC(=O)c1cccs1)c1ncc[nH]1. The third-order valence-corrected chi connectivity index (χ3v) is 3.62. The number of H-pyrrole nitrogens is 1. The molecule has 2 amide bonds. The van der Waals surface area contributed by atoms with Crippen molar-refractivity contribution in [1.29, 1.82) is 0 Å². The molecule has 0 aliphatic carbocycles. The van der Waals surface area contributed by atoms with Crippen molar-refractivity contribution in [3.63, 3.8) is 0 Å². The van der Waals surface area contributed by atoms with E-state index in [1.165, 1.54) is 11.3 Å². The van der Waals surface area contributed by atoms with E-state index in [0.717, 1.165) is 6.42 Å². The fourth-order valence-electron chi connectivity index (χ4n) is 1.73.